The molecule has 3 rings (SSSR count). The Labute approximate surface area is 134 Å². The standard InChI is InChI=1S/C16H21IN2O/c1-11-2-3-15(17)14(8-11)16(20)19-6-4-12-9-18-10-13(12)5-7-19/h2-3,8,12-13,18H,4-7,9-10H2,1H3/t12-,13+. The van der Waals surface area contributed by atoms with Gasteiger partial charge in [-0.2, -0.15) is 0 Å². The molecule has 2 heterocycles. The monoisotopic (exact) mass is 384 g/mol. The summed E-state index contributed by atoms with van der Waals surface area (Å²) >= 11 is 2.27. The van der Waals surface area contributed by atoms with Gasteiger partial charge in [0.2, 0.25) is 0 Å². The van der Waals surface area contributed by atoms with Crippen molar-refractivity contribution in [1.82, 2.24) is 10.2 Å². The number of nitrogens with zero attached hydrogens (tertiary/aromatic N) is 1. The molecule has 0 bridgehead atoms. The van der Waals surface area contributed by atoms with Crippen LogP contribution in [0.4, 0.5) is 0 Å². The minimum absolute atomic E-state index is 0.214. The van der Waals surface area contributed by atoms with Crippen molar-refractivity contribution < 1.29 is 4.79 Å². The molecule has 0 spiro atoms. The number of aryl methyl sites for hydroxylation is 1. The minimum atomic E-state index is 0.214. The van der Waals surface area contributed by atoms with Crippen LogP contribution in [0.2, 0.25) is 0 Å². The highest BCUT2D eigenvalue weighted by Crippen LogP contribution is 2.28. The van der Waals surface area contributed by atoms with Crippen LogP contribution in [0.3, 0.4) is 0 Å². The summed E-state index contributed by atoms with van der Waals surface area (Å²) in [6.07, 6.45) is 2.29. The van der Waals surface area contributed by atoms with Gasteiger partial charge in [-0.1, -0.05) is 11.6 Å². The molecule has 4 heteroatoms. The molecule has 2 aliphatic rings. The molecule has 20 heavy (non-hydrogen) atoms. The Morgan fingerprint density at radius 2 is 1.90 bits per heavy atom. The molecule has 1 aromatic carbocycles. The van der Waals surface area contributed by atoms with Crippen LogP contribution < -0.4 is 5.32 Å². The summed E-state index contributed by atoms with van der Waals surface area (Å²) < 4.78 is 1.06. The largest absolute Gasteiger partial charge is 0.339 e. The Morgan fingerprint density at radius 3 is 2.55 bits per heavy atom. The normalized spacial score (nSPS) is 26.2. The summed E-state index contributed by atoms with van der Waals surface area (Å²) in [6.45, 7) is 6.13. The Hall–Kier alpha value is -0.620. The van der Waals surface area contributed by atoms with Crippen LogP contribution >= 0.6 is 22.6 Å². The molecular weight excluding hydrogens is 363 g/mol. The van der Waals surface area contributed by atoms with Gasteiger partial charge in [0.15, 0.2) is 0 Å². The fourth-order valence-electron chi connectivity index (χ4n) is 3.39. The second-order valence-corrected chi connectivity index (χ2v) is 7.19. The van der Waals surface area contributed by atoms with Crippen molar-refractivity contribution in [1.29, 1.82) is 0 Å². The van der Waals surface area contributed by atoms with E-state index in [0.29, 0.717) is 0 Å². The molecule has 2 atom stereocenters. The van der Waals surface area contributed by atoms with Crippen molar-refractivity contribution in [2.75, 3.05) is 26.2 Å². The first-order chi connectivity index (χ1) is 9.65. The highest BCUT2D eigenvalue weighted by molar-refractivity contribution is 14.1. The summed E-state index contributed by atoms with van der Waals surface area (Å²) in [6, 6.07) is 6.13. The van der Waals surface area contributed by atoms with Crippen LogP contribution in [0.25, 0.3) is 0 Å². The molecule has 0 aliphatic carbocycles. The topological polar surface area (TPSA) is 32.3 Å². The number of nitrogens with one attached hydrogen (secondary N) is 1. The summed E-state index contributed by atoms with van der Waals surface area (Å²) in [5.74, 6) is 1.75. The van der Waals surface area contributed by atoms with Gasteiger partial charge in [-0.15, -0.1) is 0 Å². The molecule has 2 saturated heterocycles. The van der Waals surface area contributed by atoms with E-state index in [9.17, 15) is 4.79 Å². The Morgan fingerprint density at radius 1 is 1.25 bits per heavy atom. The van der Waals surface area contributed by atoms with Gasteiger partial charge in [-0.25, -0.2) is 0 Å². The van der Waals surface area contributed by atoms with Gasteiger partial charge in [0, 0.05) is 16.7 Å². The molecule has 1 N–H and O–H groups in total. The molecule has 2 fully saturated rings. The fourth-order valence-corrected chi connectivity index (χ4v) is 3.96. The number of amides is 1. The average molecular weight is 384 g/mol. The lowest BCUT2D eigenvalue weighted by Crippen LogP contribution is -2.33. The molecule has 0 radical (unpaired) electrons. The number of hydrogen-bond donors (Lipinski definition) is 1. The van der Waals surface area contributed by atoms with Gasteiger partial charge in [-0.3, -0.25) is 4.79 Å². The van der Waals surface area contributed by atoms with E-state index in [4.69, 9.17) is 0 Å². The van der Waals surface area contributed by atoms with E-state index < -0.39 is 0 Å². The van der Waals surface area contributed by atoms with Crippen LogP contribution in [-0.2, 0) is 0 Å². The minimum Gasteiger partial charge on any atom is -0.339 e. The molecule has 0 aromatic heterocycles. The van der Waals surface area contributed by atoms with Crippen molar-refractivity contribution in [2.24, 2.45) is 11.8 Å². The van der Waals surface area contributed by atoms with Gasteiger partial charge in [0.1, 0.15) is 0 Å². The van der Waals surface area contributed by atoms with Gasteiger partial charge in [0.05, 0.1) is 5.56 Å². The van der Waals surface area contributed by atoms with E-state index in [1.54, 1.807) is 0 Å². The van der Waals surface area contributed by atoms with Gasteiger partial charge < -0.3 is 10.2 Å². The van der Waals surface area contributed by atoms with E-state index in [1.807, 2.05) is 19.1 Å². The van der Waals surface area contributed by atoms with Crippen LogP contribution in [0.15, 0.2) is 18.2 Å². The predicted octanol–water partition coefficient (Wildman–Crippen LogP) is 2.67. The summed E-state index contributed by atoms with van der Waals surface area (Å²) in [5, 5.41) is 3.48. The quantitative estimate of drug-likeness (QED) is 0.756. The van der Waals surface area contributed by atoms with Crippen molar-refractivity contribution >= 4 is 28.5 Å². The Bertz CT molecular complexity index is 503. The zero-order valence-corrected chi connectivity index (χ0v) is 14.0. The second kappa shape index (κ2) is 6.02. The van der Waals surface area contributed by atoms with E-state index in [0.717, 1.165) is 65.6 Å². The molecule has 1 amide bonds. The average Bonchev–Trinajstić information content (AvgIpc) is 2.80. The van der Waals surface area contributed by atoms with Crippen LogP contribution in [0.1, 0.15) is 28.8 Å². The maximum absolute atomic E-state index is 12.8. The van der Waals surface area contributed by atoms with Crippen LogP contribution in [-0.4, -0.2) is 37.0 Å². The van der Waals surface area contributed by atoms with Crippen molar-refractivity contribution in [3.8, 4) is 0 Å². The zero-order valence-electron chi connectivity index (χ0n) is 11.9. The van der Waals surface area contributed by atoms with E-state index in [-0.39, 0.29) is 5.91 Å². The lowest BCUT2D eigenvalue weighted by Gasteiger charge is -2.22. The Balaban J connectivity index is 1.75. The maximum atomic E-state index is 12.8. The number of fused-ring (bicyclic) bond motifs is 1. The maximum Gasteiger partial charge on any atom is 0.254 e. The first kappa shape index (κ1) is 14.3. The van der Waals surface area contributed by atoms with Crippen LogP contribution in [0.5, 0.6) is 0 Å². The number of likely N-dealkylation sites (tertiary alicyclic amines) is 1. The highest BCUT2D eigenvalue weighted by Gasteiger charge is 2.31. The lowest BCUT2D eigenvalue weighted by atomic mass is 9.92. The SMILES string of the molecule is Cc1ccc(I)c(C(=O)N2CC[C@@H]3CNC[C@@H]3CC2)c1. The van der Waals surface area contributed by atoms with E-state index >= 15 is 0 Å². The van der Waals surface area contributed by atoms with Gasteiger partial charge >= 0.3 is 0 Å². The zero-order chi connectivity index (χ0) is 14.1. The first-order valence-corrected chi connectivity index (χ1v) is 8.49. The molecule has 0 unspecified atom stereocenters. The van der Waals surface area contributed by atoms with E-state index in [1.165, 1.54) is 0 Å². The molecular formula is C16H21IN2O. The van der Waals surface area contributed by atoms with Crippen molar-refractivity contribution in [2.45, 2.75) is 19.8 Å². The molecule has 0 saturated carbocycles. The number of carbonyl (C=O) groups is 1. The van der Waals surface area contributed by atoms with Gasteiger partial charge in [0.25, 0.3) is 5.91 Å². The summed E-state index contributed by atoms with van der Waals surface area (Å²) in [5.41, 5.74) is 2.03. The molecule has 108 valence electrons. The molecule has 2 aliphatic heterocycles. The third-order valence-electron chi connectivity index (χ3n) is 4.66. The van der Waals surface area contributed by atoms with Crippen LogP contribution in [0, 0.1) is 22.3 Å². The van der Waals surface area contributed by atoms with Crippen molar-refractivity contribution in [3.05, 3.63) is 32.9 Å². The predicted molar refractivity (Wildman–Crippen MR) is 88.9 cm³/mol. The fraction of sp³-hybridized carbons (Fsp3) is 0.562. The number of halogens is 1. The van der Waals surface area contributed by atoms with Crippen molar-refractivity contribution in [3.63, 3.8) is 0 Å². The molecule has 3 nitrogen and oxygen atoms in total. The third-order valence-corrected chi connectivity index (χ3v) is 5.60. The van der Waals surface area contributed by atoms with Gasteiger partial charge in [-0.05, 0) is 79.4 Å². The third kappa shape index (κ3) is 2.86. The number of benzene rings is 1. The first-order valence-electron chi connectivity index (χ1n) is 7.41. The van der Waals surface area contributed by atoms with E-state index in [2.05, 4.69) is 38.9 Å². The number of hydrogen-bond acceptors (Lipinski definition) is 2. The lowest BCUT2D eigenvalue weighted by molar-refractivity contribution is 0.0757. The number of rotatable bonds is 1. The molecule has 1 aromatic rings. The summed E-state index contributed by atoms with van der Waals surface area (Å²) in [4.78, 5) is 14.8. The summed E-state index contributed by atoms with van der Waals surface area (Å²) in [7, 11) is 0. The Kier molecular flexibility index (Phi) is 4.31. The second-order valence-electron chi connectivity index (χ2n) is 6.03. The highest BCUT2D eigenvalue weighted by atomic mass is 127. The number of carbonyl (C=O) groups excluding carboxylic acids is 1. The smallest absolute Gasteiger partial charge is 0.254 e.